The molecular formula is C22H27ClN2O3. The van der Waals surface area contributed by atoms with Crippen molar-refractivity contribution >= 4 is 23.2 Å². The number of anilines is 1. The minimum atomic E-state index is -0.244. The molecule has 5 nitrogen and oxygen atoms in total. The number of nitrogens with zero attached hydrogens (tertiary/aromatic N) is 1. The summed E-state index contributed by atoms with van der Waals surface area (Å²) in [5.74, 6) is 0.729. The second-order valence-corrected chi connectivity index (χ2v) is 7.48. The van der Waals surface area contributed by atoms with E-state index >= 15 is 0 Å². The van der Waals surface area contributed by atoms with E-state index in [9.17, 15) is 4.79 Å². The van der Waals surface area contributed by atoms with Crippen molar-refractivity contribution in [2.45, 2.75) is 32.7 Å². The highest BCUT2D eigenvalue weighted by atomic mass is 35.5. The van der Waals surface area contributed by atoms with Crippen molar-refractivity contribution in [3.8, 4) is 11.5 Å². The zero-order valence-corrected chi connectivity index (χ0v) is 17.4. The van der Waals surface area contributed by atoms with Crippen LogP contribution in [0.25, 0.3) is 0 Å². The van der Waals surface area contributed by atoms with Crippen molar-refractivity contribution in [3.05, 3.63) is 52.0 Å². The Morgan fingerprint density at radius 2 is 2.11 bits per heavy atom. The number of fused-ring (bicyclic) bond motifs is 1. The number of methoxy groups -OCH3 is 1. The molecule has 1 aliphatic heterocycles. The summed E-state index contributed by atoms with van der Waals surface area (Å²) in [6, 6.07) is 9.32. The fourth-order valence-electron chi connectivity index (χ4n) is 3.38. The van der Waals surface area contributed by atoms with E-state index in [-0.39, 0.29) is 5.91 Å². The van der Waals surface area contributed by atoms with Gasteiger partial charge in [-0.05, 0) is 43.1 Å². The topological polar surface area (TPSA) is 50.8 Å². The van der Waals surface area contributed by atoms with Crippen molar-refractivity contribution in [3.63, 3.8) is 0 Å². The predicted molar refractivity (Wildman–Crippen MR) is 113 cm³/mol. The molecule has 0 aromatic heterocycles. The Hall–Kier alpha value is -2.24. The van der Waals surface area contributed by atoms with Crippen LogP contribution in [0.1, 0.15) is 41.3 Å². The number of carbonyl (C=O) groups is 1. The van der Waals surface area contributed by atoms with Gasteiger partial charge in [0.15, 0.2) is 0 Å². The number of unbranched alkanes of at least 4 members (excludes halogenated alkanes) is 1. The molecule has 2 aromatic rings. The summed E-state index contributed by atoms with van der Waals surface area (Å²) in [4.78, 5) is 15.2. The number of ether oxygens (including phenoxy) is 2. The fraction of sp³-hybridized carbons (Fsp3) is 0.409. The molecule has 0 aliphatic carbocycles. The molecule has 6 heteroatoms. The Morgan fingerprint density at radius 3 is 2.86 bits per heavy atom. The molecule has 150 valence electrons. The molecule has 0 fully saturated rings. The SMILES string of the molecule is CCCCOc1cc(OC)c(C(=O)Nc2cccc3c2CCN(C)C3)cc1Cl. The van der Waals surface area contributed by atoms with E-state index in [0.717, 1.165) is 38.0 Å². The third-order valence-electron chi connectivity index (χ3n) is 4.96. The Balaban J connectivity index is 1.83. The largest absolute Gasteiger partial charge is 0.496 e. The van der Waals surface area contributed by atoms with E-state index < -0.39 is 0 Å². The molecule has 0 bridgehead atoms. The first-order valence-corrected chi connectivity index (χ1v) is 10.0. The summed E-state index contributed by atoms with van der Waals surface area (Å²) in [5, 5.41) is 3.44. The van der Waals surface area contributed by atoms with Gasteiger partial charge in [0.1, 0.15) is 11.5 Å². The summed E-state index contributed by atoms with van der Waals surface area (Å²) in [6.07, 6.45) is 2.88. The van der Waals surface area contributed by atoms with Crippen LogP contribution in [0.4, 0.5) is 5.69 Å². The van der Waals surface area contributed by atoms with Crippen LogP contribution in [0.3, 0.4) is 0 Å². The van der Waals surface area contributed by atoms with Gasteiger partial charge in [0.2, 0.25) is 0 Å². The molecule has 1 amide bonds. The molecule has 0 saturated carbocycles. The maximum Gasteiger partial charge on any atom is 0.259 e. The smallest absolute Gasteiger partial charge is 0.259 e. The molecule has 0 unspecified atom stereocenters. The highest BCUT2D eigenvalue weighted by Gasteiger charge is 2.20. The quantitative estimate of drug-likeness (QED) is 0.678. The molecule has 3 rings (SSSR count). The van der Waals surface area contributed by atoms with Gasteiger partial charge in [-0.1, -0.05) is 37.1 Å². The lowest BCUT2D eigenvalue weighted by Crippen LogP contribution is -2.27. The number of rotatable bonds is 7. The second kappa shape index (κ2) is 9.30. The van der Waals surface area contributed by atoms with Crippen molar-refractivity contribution in [1.82, 2.24) is 4.90 Å². The maximum absolute atomic E-state index is 13.0. The van der Waals surface area contributed by atoms with Crippen LogP contribution in [0, 0.1) is 0 Å². The standard InChI is InChI=1S/C22H27ClN2O3/c1-4-5-11-28-21-13-20(27-3)17(12-18(21)23)22(26)24-19-8-6-7-15-14-25(2)10-9-16(15)19/h6-8,12-13H,4-5,9-11,14H2,1-3H3,(H,24,26). The maximum atomic E-state index is 13.0. The number of hydrogen-bond donors (Lipinski definition) is 1. The van der Waals surface area contributed by atoms with Gasteiger partial charge in [0.25, 0.3) is 5.91 Å². The highest BCUT2D eigenvalue weighted by Crippen LogP contribution is 2.34. The average molecular weight is 403 g/mol. The molecule has 0 spiro atoms. The molecular weight excluding hydrogens is 376 g/mol. The predicted octanol–water partition coefficient (Wildman–Crippen LogP) is 4.77. The van der Waals surface area contributed by atoms with E-state index in [4.69, 9.17) is 21.1 Å². The first kappa shape index (κ1) is 20.5. The van der Waals surface area contributed by atoms with Gasteiger partial charge in [-0.15, -0.1) is 0 Å². The van der Waals surface area contributed by atoms with Crippen LogP contribution in [-0.2, 0) is 13.0 Å². The number of carbonyl (C=O) groups excluding carboxylic acids is 1. The molecule has 1 heterocycles. The number of hydrogen-bond acceptors (Lipinski definition) is 4. The lowest BCUT2D eigenvalue weighted by Gasteiger charge is -2.26. The van der Waals surface area contributed by atoms with Crippen LogP contribution < -0.4 is 14.8 Å². The van der Waals surface area contributed by atoms with Crippen LogP contribution in [0.5, 0.6) is 11.5 Å². The van der Waals surface area contributed by atoms with Gasteiger partial charge < -0.3 is 19.7 Å². The summed E-state index contributed by atoms with van der Waals surface area (Å²) in [7, 11) is 3.64. The minimum absolute atomic E-state index is 0.244. The number of amides is 1. The van der Waals surface area contributed by atoms with E-state index in [1.54, 1.807) is 12.1 Å². The summed E-state index contributed by atoms with van der Waals surface area (Å²) in [6.45, 7) is 4.53. The third-order valence-corrected chi connectivity index (χ3v) is 5.25. The summed E-state index contributed by atoms with van der Waals surface area (Å²) >= 11 is 6.35. The third kappa shape index (κ3) is 4.59. The summed E-state index contributed by atoms with van der Waals surface area (Å²) < 4.78 is 11.1. The second-order valence-electron chi connectivity index (χ2n) is 7.07. The molecule has 0 radical (unpaired) electrons. The average Bonchev–Trinajstić information content (AvgIpc) is 2.69. The van der Waals surface area contributed by atoms with Gasteiger partial charge in [-0.3, -0.25) is 4.79 Å². The minimum Gasteiger partial charge on any atom is -0.496 e. The Morgan fingerprint density at radius 1 is 1.29 bits per heavy atom. The molecule has 2 aromatic carbocycles. The Kier molecular flexibility index (Phi) is 6.81. The first-order valence-electron chi connectivity index (χ1n) is 9.64. The monoisotopic (exact) mass is 402 g/mol. The number of likely N-dealkylation sites (N-methyl/N-ethyl adjacent to an activating group) is 1. The van der Waals surface area contributed by atoms with Crippen molar-refractivity contribution in [2.24, 2.45) is 0 Å². The van der Waals surface area contributed by atoms with Gasteiger partial charge in [0.05, 0.1) is 24.3 Å². The first-order chi connectivity index (χ1) is 13.5. The van der Waals surface area contributed by atoms with Crippen molar-refractivity contribution in [1.29, 1.82) is 0 Å². The molecule has 1 aliphatic rings. The lowest BCUT2D eigenvalue weighted by molar-refractivity contribution is 0.102. The number of nitrogens with one attached hydrogen (secondary N) is 1. The zero-order valence-electron chi connectivity index (χ0n) is 16.7. The van der Waals surface area contributed by atoms with E-state index in [2.05, 4.69) is 30.3 Å². The van der Waals surface area contributed by atoms with E-state index in [0.29, 0.717) is 28.7 Å². The van der Waals surface area contributed by atoms with E-state index in [1.165, 1.54) is 18.2 Å². The van der Waals surface area contributed by atoms with Crippen molar-refractivity contribution in [2.75, 3.05) is 32.6 Å². The molecule has 28 heavy (non-hydrogen) atoms. The van der Waals surface area contributed by atoms with Gasteiger partial charge in [-0.2, -0.15) is 0 Å². The fourth-order valence-corrected chi connectivity index (χ4v) is 3.59. The number of benzene rings is 2. The zero-order chi connectivity index (χ0) is 20.1. The van der Waals surface area contributed by atoms with Crippen LogP contribution in [0.2, 0.25) is 5.02 Å². The lowest BCUT2D eigenvalue weighted by atomic mass is 9.98. The Labute approximate surface area is 171 Å². The summed E-state index contributed by atoms with van der Waals surface area (Å²) in [5.41, 5.74) is 3.67. The van der Waals surface area contributed by atoms with E-state index in [1.807, 2.05) is 12.1 Å². The van der Waals surface area contributed by atoms with Crippen LogP contribution in [-0.4, -0.2) is 38.1 Å². The Bertz CT molecular complexity index is 854. The van der Waals surface area contributed by atoms with Crippen molar-refractivity contribution < 1.29 is 14.3 Å². The normalized spacial score (nSPS) is 13.7. The van der Waals surface area contributed by atoms with Crippen LogP contribution >= 0.6 is 11.6 Å². The molecule has 0 atom stereocenters. The van der Waals surface area contributed by atoms with Gasteiger partial charge in [0, 0.05) is 24.8 Å². The number of halogens is 1. The highest BCUT2D eigenvalue weighted by molar-refractivity contribution is 6.32. The van der Waals surface area contributed by atoms with Crippen LogP contribution in [0.15, 0.2) is 30.3 Å². The molecule has 0 saturated heterocycles. The van der Waals surface area contributed by atoms with Gasteiger partial charge in [-0.25, -0.2) is 0 Å². The molecule has 1 N–H and O–H groups in total. The van der Waals surface area contributed by atoms with Gasteiger partial charge >= 0.3 is 0 Å².